The van der Waals surface area contributed by atoms with E-state index in [1.165, 1.54) is 31.2 Å². The van der Waals surface area contributed by atoms with Crippen molar-refractivity contribution in [1.29, 1.82) is 0 Å². The molecule has 16 heavy (non-hydrogen) atoms. The minimum Gasteiger partial charge on any atom is -0.294 e. The number of rotatable bonds is 0. The van der Waals surface area contributed by atoms with Gasteiger partial charge in [0.15, 0.2) is 5.78 Å². The third kappa shape index (κ3) is 1.27. The molecule has 0 amide bonds. The fraction of sp³-hybridized carbons (Fsp3) is 0.533. The van der Waals surface area contributed by atoms with Gasteiger partial charge < -0.3 is 0 Å². The molecule has 1 aromatic rings. The number of fused-ring (bicyclic) bond motifs is 3. The number of carbonyl (C=O) groups excluding carboxylic acids is 1. The van der Waals surface area contributed by atoms with Crippen molar-refractivity contribution in [2.45, 2.75) is 44.4 Å². The van der Waals surface area contributed by atoms with Crippen LogP contribution in [-0.4, -0.2) is 5.78 Å². The second-order valence-electron chi connectivity index (χ2n) is 5.53. The van der Waals surface area contributed by atoms with Crippen LogP contribution in [0, 0.1) is 5.92 Å². The van der Waals surface area contributed by atoms with Crippen molar-refractivity contribution in [1.82, 2.24) is 0 Å². The van der Waals surface area contributed by atoms with Gasteiger partial charge in [0, 0.05) is 12.0 Å². The molecule has 1 saturated carbocycles. The maximum Gasteiger partial charge on any atom is 0.163 e. The highest BCUT2D eigenvalue weighted by atomic mass is 16.1. The number of carbonyl (C=O) groups is 1. The summed E-state index contributed by atoms with van der Waals surface area (Å²) in [6.45, 7) is 2.36. The lowest BCUT2D eigenvalue weighted by atomic mass is 9.58. The predicted octanol–water partition coefficient (Wildman–Crippen LogP) is 3.72. The van der Waals surface area contributed by atoms with Crippen LogP contribution in [0.1, 0.15) is 54.9 Å². The number of benzene rings is 1. The zero-order valence-corrected chi connectivity index (χ0v) is 9.83. The molecule has 1 heteroatoms. The van der Waals surface area contributed by atoms with Crippen molar-refractivity contribution in [3.8, 4) is 0 Å². The van der Waals surface area contributed by atoms with E-state index in [1.54, 1.807) is 0 Å². The molecule has 0 saturated heterocycles. The fourth-order valence-electron chi connectivity index (χ4n) is 3.65. The molecule has 1 nitrogen and oxygen atoms in total. The van der Waals surface area contributed by atoms with Crippen molar-refractivity contribution in [3.05, 3.63) is 35.4 Å². The SMILES string of the molecule is C[C@]12CCCC[C@@H]1CC(=O)c1ccccc12. The van der Waals surface area contributed by atoms with Crippen molar-refractivity contribution in [3.63, 3.8) is 0 Å². The van der Waals surface area contributed by atoms with E-state index < -0.39 is 0 Å². The quantitative estimate of drug-likeness (QED) is 0.643. The molecule has 2 aliphatic carbocycles. The first kappa shape index (κ1) is 10.1. The normalized spacial score (nSPS) is 33.1. The van der Waals surface area contributed by atoms with E-state index in [9.17, 15) is 4.79 Å². The molecule has 2 atom stereocenters. The first-order valence-corrected chi connectivity index (χ1v) is 6.34. The molecule has 0 spiro atoms. The molecule has 0 heterocycles. The summed E-state index contributed by atoms with van der Waals surface area (Å²) in [6, 6.07) is 8.25. The van der Waals surface area contributed by atoms with E-state index in [0.717, 1.165) is 12.0 Å². The topological polar surface area (TPSA) is 17.1 Å². The maximum atomic E-state index is 12.1. The Labute approximate surface area is 96.9 Å². The highest BCUT2D eigenvalue weighted by Crippen LogP contribution is 2.49. The van der Waals surface area contributed by atoms with E-state index in [0.29, 0.717) is 11.7 Å². The Morgan fingerprint density at radius 2 is 2.06 bits per heavy atom. The van der Waals surface area contributed by atoms with Crippen LogP contribution in [0.5, 0.6) is 0 Å². The molecule has 0 aliphatic heterocycles. The van der Waals surface area contributed by atoms with Crippen LogP contribution >= 0.6 is 0 Å². The first-order chi connectivity index (χ1) is 7.72. The van der Waals surface area contributed by atoms with Crippen molar-refractivity contribution in [2.24, 2.45) is 5.92 Å². The van der Waals surface area contributed by atoms with E-state index in [4.69, 9.17) is 0 Å². The molecular weight excluding hydrogens is 196 g/mol. The number of ketones is 1. The van der Waals surface area contributed by atoms with Gasteiger partial charge in [0.25, 0.3) is 0 Å². The van der Waals surface area contributed by atoms with E-state index in [1.807, 2.05) is 12.1 Å². The minimum absolute atomic E-state index is 0.267. The lowest BCUT2D eigenvalue weighted by Gasteiger charge is -2.45. The highest BCUT2D eigenvalue weighted by molar-refractivity contribution is 5.99. The first-order valence-electron chi connectivity index (χ1n) is 6.34. The van der Waals surface area contributed by atoms with Gasteiger partial charge in [0.2, 0.25) is 0 Å². The second kappa shape index (κ2) is 3.44. The monoisotopic (exact) mass is 214 g/mol. The Morgan fingerprint density at radius 1 is 1.25 bits per heavy atom. The smallest absolute Gasteiger partial charge is 0.163 e. The van der Waals surface area contributed by atoms with Gasteiger partial charge in [0.05, 0.1) is 0 Å². The molecule has 0 N–H and O–H groups in total. The van der Waals surface area contributed by atoms with E-state index in [2.05, 4.69) is 19.1 Å². The molecule has 1 aromatic carbocycles. The van der Waals surface area contributed by atoms with Crippen LogP contribution in [0.25, 0.3) is 0 Å². The average molecular weight is 214 g/mol. The number of hydrogen-bond donors (Lipinski definition) is 0. The lowest BCUT2D eigenvalue weighted by molar-refractivity contribution is 0.0859. The molecule has 3 rings (SSSR count). The molecule has 0 bridgehead atoms. The summed E-state index contributed by atoms with van der Waals surface area (Å²) >= 11 is 0. The van der Waals surface area contributed by atoms with Crippen LogP contribution in [0.4, 0.5) is 0 Å². The average Bonchev–Trinajstić information content (AvgIpc) is 2.31. The van der Waals surface area contributed by atoms with Crippen LogP contribution in [0.2, 0.25) is 0 Å². The summed E-state index contributed by atoms with van der Waals surface area (Å²) in [5.41, 5.74) is 2.57. The van der Waals surface area contributed by atoms with Crippen LogP contribution in [-0.2, 0) is 5.41 Å². The summed E-state index contributed by atoms with van der Waals surface area (Å²) < 4.78 is 0. The Balaban J connectivity index is 2.16. The standard InChI is InChI=1S/C15H18O/c1-15-9-5-4-6-11(15)10-14(16)12-7-2-3-8-13(12)15/h2-3,7-8,11H,4-6,9-10H2,1H3/t11-,15+/m1/s1. The summed E-state index contributed by atoms with van der Waals surface area (Å²) in [5, 5.41) is 0. The van der Waals surface area contributed by atoms with Gasteiger partial charge in [0.1, 0.15) is 0 Å². The van der Waals surface area contributed by atoms with E-state index in [-0.39, 0.29) is 5.41 Å². The Bertz CT molecular complexity index is 435. The number of hydrogen-bond acceptors (Lipinski definition) is 1. The summed E-state index contributed by atoms with van der Waals surface area (Å²) in [4.78, 5) is 12.1. The Hall–Kier alpha value is -1.11. The third-order valence-electron chi connectivity index (χ3n) is 4.67. The molecule has 2 aliphatic rings. The Kier molecular flexibility index (Phi) is 2.17. The zero-order valence-electron chi connectivity index (χ0n) is 9.83. The molecule has 1 fully saturated rings. The summed E-state index contributed by atoms with van der Waals surface area (Å²) in [5.74, 6) is 0.948. The van der Waals surface area contributed by atoms with Gasteiger partial charge in [-0.05, 0) is 29.7 Å². The minimum atomic E-state index is 0.267. The van der Waals surface area contributed by atoms with Gasteiger partial charge in [-0.2, -0.15) is 0 Å². The van der Waals surface area contributed by atoms with Crippen molar-refractivity contribution >= 4 is 5.78 Å². The van der Waals surface area contributed by atoms with Gasteiger partial charge in [-0.3, -0.25) is 4.79 Å². The van der Waals surface area contributed by atoms with Gasteiger partial charge in [-0.25, -0.2) is 0 Å². The zero-order chi connectivity index (χ0) is 11.2. The fourth-order valence-corrected chi connectivity index (χ4v) is 3.65. The lowest BCUT2D eigenvalue weighted by Crippen LogP contribution is -2.41. The largest absolute Gasteiger partial charge is 0.294 e. The second-order valence-corrected chi connectivity index (χ2v) is 5.53. The van der Waals surface area contributed by atoms with Gasteiger partial charge in [-0.1, -0.05) is 44.0 Å². The molecule has 0 aromatic heterocycles. The van der Waals surface area contributed by atoms with Gasteiger partial charge >= 0.3 is 0 Å². The maximum absolute atomic E-state index is 12.1. The highest BCUT2D eigenvalue weighted by Gasteiger charge is 2.44. The van der Waals surface area contributed by atoms with Crippen LogP contribution in [0.15, 0.2) is 24.3 Å². The third-order valence-corrected chi connectivity index (χ3v) is 4.67. The molecular formula is C15H18O. The number of Topliss-reactive ketones (excluding diaryl/α,β-unsaturated/α-hetero) is 1. The van der Waals surface area contributed by atoms with Gasteiger partial charge in [-0.15, -0.1) is 0 Å². The molecule has 0 radical (unpaired) electrons. The Morgan fingerprint density at radius 3 is 2.94 bits per heavy atom. The summed E-state index contributed by atoms with van der Waals surface area (Å²) in [6.07, 6.45) is 5.87. The molecule has 84 valence electrons. The van der Waals surface area contributed by atoms with Crippen molar-refractivity contribution in [2.75, 3.05) is 0 Å². The van der Waals surface area contributed by atoms with E-state index >= 15 is 0 Å². The predicted molar refractivity (Wildman–Crippen MR) is 64.7 cm³/mol. The van der Waals surface area contributed by atoms with Crippen molar-refractivity contribution < 1.29 is 4.79 Å². The summed E-state index contributed by atoms with van der Waals surface area (Å²) in [7, 11) is 0. The van der Waals surface area contributed by atoms with Crippen LogP contribution in [0.3, 0.4) is 0 Å². The molecule has 0 unspecified atom stereocenters. The van der Waals surface area contributed by atoms with Crippen LogP contribution < -0.4 is 0 Å².